The second-order valence-electron chi connectivity index (χ2n) is 6.90. The summed E-state index contributed by atoms with van der Waals surface area (Å²) < 4.78 is 10.7. The van der Waals surface area contributed by atoms with Crippen LogP contribution in [-0.2, 0) is 9.53 Å². The third kappa shape index (κ3) is 6.64. The summed E-state index contributed by atoms with van der Waals surface area (Å²) in [5, 5.41) is 2.97. The van der Waals surface area contributed by atoms with E-state index in [0.717, 1.165) is 18.4 Å². The number of hydrogen-bond donors (Lipinski definition) is 1. The zero-order chi connectivity index (χ0) is 18.2. The minimum atomic E-state index is -0.263. The fraction of sp³-hybridized carbons (Fsp3) is 0.579. The van der Waals surface area contributed by atoms with Crippen molar-refractivity contribution in [2.75, 3.05) is 26.3 Å². The first-order valence-electron chi connectivity index (χ1n) is 8.84. The maximum Gasteiger partial charge on any atom is 0.409 e. The number of amides is 2. The van der Waals surface area contributed by atoms with E-state index in [1.165, 1.54) is 0 Å². The van der Waals surface area contributed by atoms with Gasteiger partial charge in [-0.2, -0.15) is 0 Å². The van der Waals surface area contributed by atoms with Crippen LogP contribution < -0.4 is 10.1 Å². The van der Waals surface area contributed by atoms with Crippen LogP contribution in [0.4, 0.5) is 4.79 Å². The van der Waals surface area contributed by atoms with Crippen LogP contribution in [-0.4, -0.2) is 49.2 Å². The van der Waals surface area contributed by atoms with E-state index in [2.05, 4.69) is 5.32 Å². The van der Waals surface area contributed by atoms with Gasteiger partial charge in [-0.25, -0.2) is 4.79 Å². The Morgan fingerprint density at radius 3 is 2.44 bits per heavy atom. The van der Waals surface area contributed by atoms with Crippen molar-refractivity contribution in [2.24, 2.45) is 5.92 Å². The molecule has 1 saturated heterocycles. The van der Waals surface area contributed by atoms with Crippen LogP contribution in [0.2, 0.25) is 0 Å². The van der Waals surface area contributed by atoms with Gasteiger partial charge in [-0.05, 0) is 37.8 Å². The molecule has 0 aromatic heterocycles. The van der Waals surface area contributed by atoms with Crippen LogP contribution in [0.5, 0.6) is 5.75 Å². The maximum atomic E-state index is 12.0. The van der Waals surface area contributed by atoms with Crippen LogP contribution in [0.25, 0.3) is 0 Å². The summed E-state index contributed by atoms with van der Waals surface area (Å²) >= 11 is 0. The lowest BCUT2D eigenvalue weighted by atomic mass is 10.1. The third-order valence-electron chi connectivity index (χ3n) is 4.05. The molecule has 0 radical (unpaired) electrons. The molecular weight excluding hydrogens is 320 g/mol. The van der Waals surface area contributed by atoms with Gasteiger partial charge in [0.05, 0.1) is 6.61 Å². The molecule has 2 amide bonds. The molecule has 25 heavy (non-hydrogen) atoms. The Hall–Kier alpha value is -2.24. The molecule has 2 rings (SSSR count). The Bertz CT molecular complexity index is 563. The zero-order valence-electron chi connectivity index (χ0n) is 15.3. The number of piperidine rings is 1. The number of ether oxygens (including phenoxy) is 2. The minimum absolute atomic E-state index is 0.000292. The quantitative estimate of drug-likeness (QED) is 0.858. The van der Waals surface area contributed by atoms with Crippen LogP contribution in [0.3, 0.4) is 0 Å². The molecule has 1 N–H and O–H groups in total. The van der Waals surface area contributed by atoms with Crippen LogP contribution in [0.1, 0.15) is 32.3 Å². The molecule has 6 nitrogen and oxygen atoms in total. The summed E-state index contributed by atoms with van der Waals surface area (Å²) in [5.41, 5.74) is 1.15. The molecule has 1 aliphatic rings. The van der Waals surface area contributed by atoms with Crippen molar-refractivity contribution in [3.05, 3.63) is 29.8 Å². The van der Waals surface area contributed by atoms with E-state index >= 15 is 0 Å². The summed E-state index contributed by atoms with van der Waals surface area (Å²) in [6.07, 6.45) is 1.20. The van der Waals surface area contributed by atoms with Gasteiger partial charge in [-0.1, -0.05) is 31.5 Å². The van der Waals surface area contributed by atoms with Crippen molar-refractivity contribution in [2.45, 2.75) is 39.7 Å². The number of aryl methyl sites for hydroxylation is 1. The molecule has 0 aliphatic carbocycles. The largest absolute Gasteiger partial charge is 0.484 e. The molecule has 138 valence electrons. The van der Waals surface area contributed by atoms with Crippen LogP contribution in [0, 0.1) is 12.8 Å². The Balaban J connectivity index is 1.66. The van der Waals surface area contributed by atoms with Crippen molar-refractivity contribution < 1.29 is 19.1 Å². The molecule has 1 aromatic rings. The van der Waals surface area contributed by atoms with Gasteiger partial charge in [0.1, 0.15) is 5.75 Å². The summed E-state index contributed by atoms with van der Waals surface area (Å²) in [7, 11) is 0. The first kappa shape index (κ1) is 19.1. The van der Waals surface area contributed by atoms with Gasteiger partial charge in [-0.3, -0.25) is 4.79 Å². The van der Waals surface area contributed by atoms with E-state index in [1.807, 2.05) is 45.0 Å². The summed E-state index contributed by atoms with van der Waals surface area (Å²) in [5.74, 6) is 0.874. The highest BCUT2D eigenvalue weighted by molar-refractivity contribution is 5.78. The third-order valence-corrected chi connectivity index (χ3v) is 4.05. The van der Waals surface area contributed by atoms with Crippen molar-refractivity contribution in [1.29, 1.82) is 0 Å². The number of benzene rings is 1. The molecule has 1 aliphatic heterocycles. The monoisotopic (exact) mass is 348 g/mol. The first-order chi connectivity index (χ1) is 11.9. The lowest BCUT2D eigenvalue weighted by Crippen LogP contribution is -2.47. The number of rotatable bonds is 6. The number of likely N-dealkylation sites (tertiary alicyclic amines) is 1. The average Bonchev–Trinajstić information content (AvgIpc) is 2.60. The second-order valence-corrected chi connectivity index (χ2v) is 6.90. The van der Waals surface area contributed by atoms with Crippen molar-refractivity contribution in [3.8, 4) is 5.75 Å². The Labute approximate surface area is 149 Å². The number of nitrogens with zero attached hydrogens (tertiary/aromatic N) is 1. The standard InChI is InChI=1S/C19H28N2O4/c1-14(2)12-25-19(23)21-10-8-16(9-11-21)20-18(22)13-24-17-6-4-15(3)5-7-17/h4-7,14,16H,8-13H2,1-3H3,(H,20,22). The predicted octanol–water partition coefficient (Wildman–Crippen LogP) is 2.75. The molecule has 1 fully saturated rings. The normalized spacial score (nSPS) is 15.1. The van der Waals surface area contributed by atoms with E-state index < -0.39 is 0 Å². The number of carbonyl (C=O) groups excluding carboxylic acids is 2. The molecule has 6 heteroatoms. The maximum absolute atomic E-state index is 12.0. The molecule has 1 heterocycles. The van der Waals surface area contributed by atoms with E-state index in [0.29, 0.717) is 31.4 Å². The highest BCUT2D eigenvalue weighted by Gasteiger charge is 2.24. The molecule has 0 bridgehead atoms. The minimum Gasteiger partial charge on any atom is -0.484 e. The van der Waals surface area contributed by atoms with Gasteiger partial charge in [0.25, 0.3) is 5.91 Å². The molecule has 0 atom stereocenters. The average molecular weight is 348 g/mol. The summed E-state index contributed by atoms with van der Waals surface area (Å²) in [6.45, 7) is 7.65. The fourth-order valence-corrected chi connectivity index (χ4v) is 2.59. The van der Waals surface area contributed by atoms with Gasteiger partial charge < -0.3 is 19.7 Å². The first-order valence-corrected chi connectivity index (χ1v) is 8.84. The molecule has 0 saturated carbocycles. The molecular formula is C19H28N2O4. The van der Waals surface area contributed by atoms with Gasteiger partial charge >= 0.3 is 6.09 Å². The predicted molar refractivity (Wildman–Crippen MR) is 95.6 cm³/mol. The zero-order valence-corrected chi connectivity index (χ0v) is 15.3. The van der Waals surface area contributed by atoms with Crippen molar-refractivity contribution in [1.82, 2.24) is 10.2 Å². The smallest absolute Gasteiger partial charge is 0.409 e. The van der Waals surface area contributed by atoms with E-state index in [9.17, 15) is 9.59 Å². The van der Waals surface area contributed by atoms with Gasteiger partial charge in [-0.15, -0.1) is 0 Å². The Kier molecular flexibility index (Phi) is 7.10. The highest BCUT2D eigenvalue weighted by Crippen LogP contribution is 2.13. The van der Waals surface area contributed by atoms with Gasteiger partial charge in [0, 0.05) is 19.1 Å². The second kappa shape index (κ2) is 9.30. The summed E-state index contributed by atoms with van der Waals surface area (Å²) in [4.78, 5) is 25.6. The number of carbonyl (C=O) groups is 2. The van der Waals surface area contributed by atoms with E-state index in [1.54, 1.807) is 4.90 Å². The molecule has 0 unspecified atom stereocenters. The number of hydrogen-bond acceptors (Lipinski definition) is 4. The van der Waals surface area contributed by atoms with Crippen molar-refractivity contribution >= 4 is 12.0 Å². The molecule has 0 spiro atoms. The SMILES string of the molecule is Cc1ccc(OCC(=O)NC2CCN(C(=O)OCC(C)C)CC2)cc1. The van der Waals surface area contributed by atoms with Gasteiger partial charge in [0.15, 0.2) is 6.61 Å². The van der Waals surface area contributed by atoms with Gasteiger partial charge in [0.2, 0.25) is 0 Å². The topological polar surface area (TPSA) is 67.9 Å². The fourth-order valence-electron chi connectivity index (χ4n) is 2.59. The summed E-state index contributed by atoms with van der Waals surface area (Å²) in [6, 6.07) is 7.67. The number of nitrogens with one attached hydrogen (secondary N) is 1. The lowest BCUT2D eigenvalue weighted by molar-refractivity contribution is -0.124. The van der Waals surface area contributed by atoms with E-state index in [-0.39, 0.29) is 24.6 Å². The lowest BCUT2D eigenvalue weighted by Gasteiger charge is -2.31. The highest BCUT2D eigenvalue weighted by atomic mass is 16.6. The van der Waals surface area contributed by atoms with Crippen LogP contribution >= 0.6 is 0 Å². The molecule has 1 aromatic carbocycles. The Morgan fingerprint density at radius 2 is 1.84 bits per heavy atom. The van der Waals surface area contributed by atoms with Crippen molar-refractivity contribution in [3.63, 3.8) is 0 Å². The van der Waals surface area contributed by atoms with E-state index in [4.69, 9.17) is 9.47 Å². The van der Waals surface area contributed by atoms with Crippen LogP contribution in [0.15, 0.2) is 24.3 Å². The Morgan fingerprint density at radius 1 is 1.20 bits per heavy atom.